The van der Waals surface area contributed by atoms with Crippen molar-refractivity contribution in [3.8, 4) is 11.5 Å². The third-order valence-electron chi connectivity index (χ3n) is 2.99. The molecule has 2 N–H and O–H groups in total. The Kier molecular flexibility index (Phi) is 3.90. The van der Waals surface area contributed by atoms with Gasteiger partial charge in [0, 0.05) is 17.8 Å². The van der Waals surface area contributed by atoms with Crippen molar-refractivity contribution >= 4 is 5.69 Å². The summed E-state index contributed by atoms with van der Waals surface area (Å²) in [5, 5.41) is 12.8. The fourth-order valence-corrected chi connectivity index (χ4v) is 1.84. The van der Waals surface area contributed by atoms with Gasteiger partial charge >= 0.3 is 0 Å². The summed E-state index contributed by atoms with van der Waals surface area (Å²) in [7, 11) is 1.50. The van der Waals surface area contributed by atoms with E-state index < -0.39 is 0 Å². The van der Waals surface area contributed by atoms with Crippen molar-refractivity contribution in [2.45, 2.75) is 13.5 Å². The maximum Gasteiger partial charge on any atom is 0.160 e. The van der Waals surface area contributed by atoms with E-state index in [9.17, 15) is 9.50 Å². The number of hydrogen-bond donors (Lipinski definition) is 2. The van der Waals surface area contributed by atoms with Gasteiger partial charge in [0.2, 0.25) is 0 Å². The fraction of sp³-hybridized carbons (Fsp3) is 0.200. The van der Waals surface area contributed by atoms with Crippen molar-refractivity contribution in [3.63, 3.8) is 0 Å². The lowest BCUT2D eigenvalue weighted by Crippen LogP contribution is -2.02. The molecule has 0 unspecified atom stereocenters. The van der Waals surface area contributed by atoms with Crippen molar-refractivity contribution in [3.05, 3.63) is 53.3 Å². The summed E-state index contributed by atoms with van der Waals surface area (Å²) in [5.74, 6) is 0.297. The quantitative estimate of drug-likeness (QED) is 0.885. The number of aromatic hydroxyl groups is 1. The molecule has 0 amide bonds. The minimum absolute atomic E-state index is 0.0952. The number of halogens is 1. The fourth-order valence-electron chi connectivity index (χ4n) is 1.84. The van der Waals surface area contributed by atoms with Crippen molar-refractivity contribution in [1.29, 1.82) is 0 Å². The molecule has 2 aromatic rings. The van der Waals surface area contributed by atoms with E-state index in [1.54, 1.807) is 25.1 Å². The molecule has 0 aliphatic heterocycles. The van der Waals surface area contributed by atoms with Crippen LogP contribution in [-0.4, -0.2) is 12.2 Å². The second-order valence-electron chi connectivity index (χ2n) is 4.27. The van der Waals surface area contributed by atoms with Crippen molar-refractivity contribution in [2.75, 3.05) is 12.4 Å². The summed E-state index contributed by atoms with van der Waals surface area (Å²) in [4.78, 5) is 0. The summed E-state index contributed by atoms with van der Waals surface area (Å²) in [6.07, 6.45) is 0. The standard InChI is InChI=1S/C15H16FNO2/c1-10-12(16)4-3-5-13(10)17-9-11-6-7-15(19-2)14(18)8-11/h3-8,17-18H,9H2,1-2H3. The molecule has 100 valence electrons. The van der Waals surface area contributed by atoms with Gasteiger partial charge in [0.25, 0.3) is 0 Å². The number of anilines is 1. The van der Waals surface area contributed by atoms with Crippen LogP contribution in [0.4, 0.5) is 10.1 Å². The third kappa shape index (κ3) is 2.96. The van der Waals surface area contributed by atoms with Gasteiger partial charge in [0.05, 0.1) is 7.11 Å². The molecule has 0 spiro atoms. The van der Waals surface area contributed by atoms with E-state index in [1.807, 2.05) is 12.1 Å². The molecule has 0 aliphatic carbocycles. The van der Waals surface area contributed by atoms with Gasteiger partial charge in [0.1, 0.15) is 5.82 Å². The number of phenolic OH excluding ortho intramolecular Hbond substituents is 1. The minimum Gasteiger partial charge on any atom is -0.504 e. The van der Waals surface area contributed by atoms with Crippen molar-refractivity contribution in [1.82, 2.24) is 0 Å². The number of methoxy groups -OCH3 is 1. The lowest BCUT2D eigenvalue weighted by atomic mass is 10.1. The first-order valence-corrected chi connectivity index (χ1v) is 5.96. The molecule has 2 aromatic carbocycles. The second-order valence-corrected chi connectivity index (χ2v) is 4.27. The van der Waals surface area contributed by atoms with Gasteiger partial charge in [-0.2, -0.15) is 0 Å². The molecule has 4 heteroatoms. The van der Waals surface area contributed by atoms with Crippen molar-refractivity contribution < 1.29 is 14.2 Å². The topological polar surface area (TPSA) is 41.5 Å². The molecule has 0 saturated heterocycles. The van der Waals surface area contributed by atoms with Gasteiger partial charge in [-0.1, -0.05) is 12.1 Å². The van der Waals surface area contributed by atoms with Crippen LogP contribution < -0.4 is 10.1 Å². The number of benzene rings is 2. The highest BCUT2D eigenvalue weighted by Crippen LogP contribution is 2.27. The van der Waals surface area contributed by atoms with E-state index in [0.717, 1.165) is 11.3 Å². The van der Waals surface area contributed by atoms with Crippen LogP contribution in [0.2, 0.25) is 0 Å². The molecule has 19 heavy (non-hydrogen) atoms. The van der Waals surface area contributed by atoms with E-state index in [0.29, 0.717) is 17.9 Å². The third-order valence-corrected chi connectivity index (χ3v) is 2.99. The van der Waals surface area contributed by atoms with Crippen LogP contribution in [0.25, 0.3) is 0 Å². The molecule has 2 rings (SSSR count). The SMILES string of the molecule is COc1ccc(CNc2cccc(F)c2C)cc1O. The van der Waals surface area contributed by atoms with Gasteiger partial charge in [0.15, 0.2) is 11.5 Å². The molecule has 3 nitrogen and oxygen atoms in total. The van der Waals surface area contributed by atoms with Crippen molar-refractivity contribution in [2.24, 2.45) is 0 Å². The zero-order valence-electron chi connectivity index (χ0n) is 10.9. The molecule has 0 radical (unpaired) electrons. The van der Waals surface area contributed by atoms with Gasteiger partial charge in [-0.3, -0.25) is 0 Å². The Morgan fingerprint density at radius 3 is 2.74 bits per heavy atom. The summed E-state index contributed by atoms with van der Waals surface area (Å²) >= 11 is 0. The monoisotopic (exact) mass is 261 g/mol. The maximum absolute atomic E-state index is 13.4. The lowest BCUT2D eigenvalue weighted by Gasteiger charge is -2.11. The van der Waals surface area contributed by atoms with Crippen LogP contribution in [0.5, 0.6) is 11.5 Å². The van der Waals surface area contributed by atoms with E-state index in [1.165, 1.54) is 13.2 Å². The Hall–Kier alpha value is -2.23. The Morgan fingerprint density at radius 1 is 1.26 bits per heavy atom. The Balaban J connectivity index is 2.10. The summed E-state index contributed by atoms with van der Waals surface area (Å²) in [6, 6.07) is 10.1. The summed E-state index contributed by atoms with van der Waals surface area (Å²) in [6.45, 7) is 2.23. The highest BCUT2D eigenvalue weighted by molar-refractivity contribution is 5.52. The van der Waals surface area contributed by atoms with Crippen LogP contribution in [-0.2, 0) is 6.54 Å². The smallest absolute Gasteiger partial charge is 0.160 e. The number of hydrogen-bond acceptors (Lipinski definition) is 3. The Labute approximate surface area is 111 Å². The maximum atomic E-state index is 13.4. The first-order valence-electron chi connectivity index (χ1n) is 5.96. The zero-order chi connectivity index (χ0) is 13.8. The molecule has 0 aromatic heterocycles. The highest BCUT2D eigenvalue weighted by Gasteiger charge is 2.05. The molecular weight excluding hydrogens is 245 g/mol. The molecule has 0 fully saturated rings. The van der Waals surface area contributed by atoms with Gasteiger partial charge in [-0.25, -0.2) is 4.39 Å². The Morgan fingerprint density at radius 2 is 2.05 bits per heavy atom. The number of nitrogens with one attached hydrogen (secondary N) is 1. The molecule has 0 bridgehead atoms. The van der Waals surface area contributed by atoms with E-state index in [2.05, 4.69) is 5.32 Å². The van der Waals surface area contributed by atoms with Gasteiger partial charge in [-0.05, 0) is 36.8 Å². The van der Waals surface area contributed by atoms with Gasteiger partial charge < -0.3 is 15.2 Å². The first-order chi connectivity index (χ1) is 9.11. The molecule has 0 atom stereocenters. The molecule has 0 saturated carbocycles. The van der Waals surface area contributed by atoms with Crippen LogP contribution in [0, 0.1) is 12.7 Å². The number of ether oxygens (including phenoxy) is 1. The summed E-state index contributed by atoms with van der Waals surface area (Å²) < 4.78 is 18.3. The zero-order valence-corrected chi connectivity index (χ0v) is 10.9. The number of phenols is 1. The second kappa shape index (κ2) is 5.61. The number of rotatable bonds is 4. The molecule has 0 aliphatic rings. The molecular formula is C15H16FNO2. The van der Waals surface area contributed by atoms with E-state index in [-0.39, 0.29) is 11.6 Å². The lowest BCUT2D eigenvalue weighted by molar-refractivity contribution is 0.373. The average molecular weight is 261 g/mol. The first kappa shape index (κ1) is 13.2. The van der Waals surface area contributed by atoms with E-state index in [4.69, 9.17) is 4.74 Å². The summed E-state index contributed by atoms with van der Waals surface area (Å²) in [5.41, 5.74) is 2.22. The normalized spacial score (nSPS) is 10.3. The predicted octanol–water partition coefficient (Wildman–Crippen LogP) is 3.46. The predicted molar refractivity (Wildman–Crippen MR) is 73.1 cm³/mol. The van der Waals surface area contributed by atoms with Crippen LogP contribution in [0.15, 0.2) is 36.4 Å². The Bertz CT molecular complexity index is 584. The van der Waals surface area contributed by atoms with Gasteiger partial charge in [-0.15, -0.1) is 0 Å². The minimum atomic E-state index is -0.234. The average Bonchev–Trinajstić information content (AvgIpc) is 2.40. The van der Waals surface area contributed by atoms with Crippen LogP contribution >= 0.6 is 0 Å². The largest absolute Gasteiger partial charge is 0.504 e. The van der Waals surface area contributed by atoms with E-state index >= 15 is 0 Å². The highest BCUT2D eigenvalue weighted by atomic mass is 19.1. The van der Waals surface area contributed by atoms with Crippen LogP contribution in [0.3, 0.4) is 0 Å². The molecule has 0 heterocycles. The van der Waals surface area contributed by atoms with Crippen LogP contribution in [0.1, 0.15) is 11.1 Å².